The van der Waals surface area contributed by atoms with Crippen molar-refractivity contribution in [2.45, 2.75) is 38.5 Å². The molecule has 7 nitrogen and oxygen atoms in total. The maximum absolute atomic E-state index is 13.4. The fourth-order valence-electron chi connectivity index (χ4n) is 4.00. The van der Waals surface area contributed by atoms with Crippen molar-refractivity contribution in [3.8, 4) is 11.5 Å². The summed E-state index contributed by atoms with van der Waals surface area (Å²) in [6, 6.07) is 16.9. The molecule has 1 heterocycles. The number of ether oxygens (including phenoxy) is 3. The number of para-hydroxylation sites is 2. The summed E-state index contributed by atoms with van der Waals surface area (Å²) in [5.41, 5.74) is 0.557. The minimum Gasteiger partial charge on any atom is -0.496 e. The van der Waals surface area contributed by atoms with Crippen LogP contribution in [0.1, 0.15) is 30.6 Å². The largest absolute Gasteiger partial charge is 0.496 e. The molecule has 1 saturated heterocycles. The van der Waals surface area contributed by atoms with E-state index in [1.165, 1.54) is 0 Å². The molecular weight excluding hydrogens is 420 g/mol. The summed E-state index contributed by atoms with van der Waals surface area (Å²) in [5, 5.41) is 10.5. The highest BCUT2D eigenvalue weighted by molar-refractivity contribution is 5.97. The van der Waals surface area contributed by atoms with Gasteiger partial charge in [-0.3, -0.25) is 9.69 Å². The first-order valence-electron chi connectivity index (χ1n) is 11.7. The lowest BCUT2D eigenvalue weighted by atomic mass is 10.1. The molecule has 2 aromatic carbocycles. The Bertz CT molecular complexity index is 863. The van der Waals surface area contributed by atoms with Crippen LogP contribution >= 0.6 is 0 Å². The molecule has 0 saturated carbocycles. The summed E-state index contributed by atoms with van der Waals surface area (Å²) >= 11 is 0. The topological polar surface area (TPSA) is 71.5 Å². The molecule has 3 unspecified atom stereocenters. The summed E-state index contributed by atoms with van der Waals surface area (Å²) in [7, 11) is 1.58. The van der Waals surface area contributed by atoms with Gasteiger partial charge in [0.15, 0.2) is 0 Å². The highest BCUT2D eigenvalue weighted by Gasteiger charge is 2.29. The van der Waals surface area contributed by atoms with E-state index >= 15 is 0 Å². The zero-order valence-electron chi connectivity index (χ0n) is 19.9. The van der Waals surface area contributed by atoms with Crippen LogP contribution in [0.5, 0.6) is 11.5 Å². The number of morpholine rings is 1. The molecule has 0 spiro atoms. The fraction of sp³-hybridized carbons (Fsp3) is 0.500. The summed E-state index contributed by atoms with van der Waals surface area (Å²) in [5.74, 6) is 1.26. The van der Waals surface area contributed by atoms with E-state index in [4.69, 9.17) is 14.2 Å². The monoisotopic (exact) mass is 456 g/mol. The van der Waals surface area contributed by atoms with Gasteiger partial charge in [0, 0.05) is 32.2 Å². The van der Waals surface area contributed by atoms with E-state index in [1.807, 2.05) is 47.4 Å². The van der Waals surface area contributed by atoms with Crippen molar-refractivity contribution in [3.05, 3.63) is 60.2 Å². The Balaban J connectivity index is 1.58. The lowest BCUT2D eigenvalue weighted by molar-refractivity contribution is -0.0564. The van der Waals surface area contributed by atoms with Crippen molar-refractivity contribution in [1.29, 1.82) is 0 Å². The molecule has 1 fully saturated rings. The van der Waals surface area contributed by atoms with E-state index in [-0.39, 0.29) is 24.7 Å². The molecule has 0 aromatic heterocycles. The highest BCUT2D eigenvalue weighted by atomic mass is 16.5. The molecule has 33 heavy (non-hydrogen) atoms. The number of hydrogen-bond acceptors (Lipinski definition) is 6. The highest BCUT2D eigenvalue weighted by Crippen LogP contribution is 2.22. The molecule has 180 valence electrons. The van der Waals surface area contributed by atoms with Gasteiger partial charge in [0.05, 0.1) is 25.4 Å². The number of hydrogen-bond donors (Lipinski definition) is 1. The second kappa shape index (κ2) is 12.6. The lowest BCUT2D eigenvalue weighted by Crippen LogP contribution is -2.52. The molecule has 0 aliphatic carbocycles. The first-order chi connectivity index (χ1) is 16.0. The molecule has 1 aliphatic rings. The van der Waals surface area contributed by atoms with E-state index in [2.05, 4.69) is 18.7 Å². The summed E-state index contributed by atoms with van der Waals surface area (Å²) in [6.07, 6.45) is 0.103. The van der Waals surface area contributed by atoms with Gasteiger partial charge in [-0.1, -0.05) is 37.3 Å². The van der Waals surface area contributed by atoms with Crippen LogP contribution in [0.3, 0.4) is 0 Å². The van der Waals surface area contributed by atoms with E-state index < -0.39 is 6.10 Å². The Hall–Kier alpha value is -2.61. The van der Waals surface area contributed by atoms with Gasteiger partial charge in [-0.15, -0.1) is 0 Å². The molecule has 1 amide bonds. The van der Waals surface area contributed by atoms with Gasteiger partial charge in [0.2, 0.25) is 0 Å². The summed E-state index contributed by atoms with van der Waals surface area (Å²) < 4.78 is 17.1. The third-order valence-corrected chi connectivity index (χ3v) is 6.00. The Kier molecular flexibility index (Phi) is 9.54. The van der Waals surface area contributed by atoms with Crippen molar-refractivity contribution >= 4 is 5.91 Å². The minimum absolute atomic E-state index is 0.0566. The van der Waals surface area contributed by atoms with E-state index in [0.717, 1.165) is 18.7 Å². The number of aliphatic hydroxyl groups is 1. The van der Waals surface area contributed by atoms with Gasteiger partial charge in [0.25, 0.3) is 5.91 Å². The van der Waals surface area contributed by atoms with Gasteiger partial charge < -0.3 is 24.2 Å². The van der Waals surface area contributed by atoms with Gasteiger partial charge in [0.1, 0.15) is 24.2 Å². The van der Waals surface area contributed by atoms with Crippen LogP contribution in [-0.2, 0) is 4.74 Å². The number of amides is 1. The van der Waals surface area contributed by atoms with Crippen LogP contribution < -0.4 is 9.47 Å². The van der Waals surface area contributed by atoms with E-state index in [0.29, 0.717) is 37.6 Å². The molecule has 2 aromatic rings. The molecule has 1 N–H and O–H groups in total. The zero-order valence-corrected chi connectivity index (χ0v) is 19.9. The number of β-amino-alcohol motifs (C(OH)–C–C–N with tert-alkyl or cyclic N) is 1. The zero-order chi connectivity index (χ0) is 23.6. The lowest BCUT2D eigenvalue weighted by Gasteiger charge is -2.38. The van der Waals surface area contributed by atoms with Crippen LogP contribution in [0.4, 0.5) is 0 Å². The average molecular weight is 457 g/mol. The predicted molar refractivity (Wildman–Crippen MR) is 128 cm³/mol. The van der Waals surface area contributed by atoms with Crippen LogP contribution in [0.2, 0.25) is 0 Å². The number of aliphatic hydroxyl groups excluding tert-OH is 1. The van der Waals surface area contributed by atoms with Crippen LogP contribution in [0.25, 0.3) is 0 Å². The minimum atomic E-state index is -0.607. The van der Waals surface area contributed by atoms with E-state index in [9.17, 15) is 9.90 Å². The number of benzene rings is 2. The second-order valence-corrected chi connectivity index (χ2v) is 8.45. The Labute approximate surface area is 196 Å². The number of carbonyl (C=O) groups excluding carboxylic acids is 1. The van der Waals surface area contributed by atoms with Crippen molar-refractivity contribution in [3.63, 3.8) is 0 Å². The average Bonchev–Trinajstić information content (AvgIpc) is 2.86. The molecule has 0 radical (unpaired) electrons. The number of rotatable bonds is 11. The van der Waals surface area contributed by atoms with Gasteiger partial charge in [-0.25, -0.2) is 0 Å². The number of nitrogens with zero attached hydrogens (tertiary/aromatic N) is 2. The van der Waals surface area contributed by atoms with E-state index in [1.54, 1.807) is 19.2 Å². The quantitative estimate of drug-likeness (QED) is 0.560. The smallest absolute Gasteiger partial charge is 0.257 e. The number of methoxy groups -OCH3 is 1. The van der Waals surface area contributed by atoms with Crippen molar-refractivity contribution in [2.24, 2.45) is 0 Å². The number of carbonyl (C=O) groups is 1. The first kappa shape index (κ1) is 25.0. The van der Waals surface area contributed by atoms with Gasteiger partial charge >= 0.3 is 0 Å². The maximum atomic E-state index is 13.4. The SMILES string of the molecule is CCC(C)N(CC1CN(CC(O)COc2ccccc2)CCO1)C(=O)c1ccccc1OC. The van der Waals surface area contributed by atoms with Crippen LogP contribution in [0.15, 0.2) is 54.6 Å². The van der Waals surface area contributed by atoms with Gasteiger partial charge in [-0.05, 0) is 37.6 Å². The van der Waals surface area contributed by atoms with Crippen LogP contribution in [0, 0.1) is 0 Å². The standard InChI is InChI=1S/C26H36N2O5/c1-4-20(2)28(26(30)24-12-8-9-13-25(24)31-3)18-23-17-27(14-15-32-23)16-21(29)19-33-22-10-6-5-7-11-22/h5-13,20-21,23,29H,4,14-19H2,1-3H3. The van der Waals surface area contributed by atoms with Gasteiger partial charge in [-0.2, -0.15) is 0 Å². The first-order valence-corrected chi connectivity index (χ1v) is 11.7. The Morgan fingerprint density at radius 3 is 2.67 bits per heavy atom. The normalized spacial score (nSPS) is 18.4. The van der Waals surface area contributed by atoms with Crippen molar-refractivity contribution in [2.75, 3.05) is 46.5 Å². The molecule has 0 bridgehead atoms. The summed E-state index contributed by atoms with van der Waals surface area (Å²) in [4.78, 5) is 17.5. The Morgan fingerprint density at radius 2 is 1.94 bits per heavy atom. The molecule has 1 aliphatic heterocycles. The molecule has 3 rings (SSSR count). The molecule has 7 heteroatoms. The fourth-order valence-corrected chi connectivity index (χ4v) is 4.00. The summed E-state index contributed by atoms with van der Waals surface area (Å²) in [6.45, 7) is 7.29. The maximum Gasteiger partial charge on any atom is 0.257 e. The third-order valence-electron chi connectivity index (χ3n) is 6.00. The molecule has 3 atom stereocenters. The van der Waals surface area contributed by atoms with Crippen molar-refractivity contribution in [1.82, 2.24) is 9.80 Å². The van der Waals surface area contributed by atoms with Crippen LogP contribution in [-0.4, -0.2) is 85.6 Å². The third kappa shape index (κ3) is 7.19. The second-order valence-electron chi connectivity index (χ2n) is 8.45. The van der Waals surface area contributed by atoms with Crippen molar-refractivity contribution < 1.29 is 24.1 Å². The molecular formula is C26H36N2O5. The predicted octanol–water partition coefficient (Wildman–Crippen LogP) is 3.08. The Morgan fingerprint density at radius 1 is 1.21 bits per heavy atom.